The Morgan fingerprint density at radius 3 is 2.70 bits per heavy atom. The van der Waals surface area contributed by atoms with E-state index in [2.05, 4.69) is 10.3 Å². The van der Waals surface area contributed by atoms with Crippen LogP contribution in [-0.2, 0) is 6.42 Å². The number of carbonyl (C=O) groups excluding carboxylic acids is 1. The molecule has 0 aliphatic heterocycles. The molecule has 1 N–H and O–H groups in total. The monoisotopic (exact) mass is 311 g/mol. The van der Waals surface area contributed by atoms with Gasteiger partial charge in [0, 0.05) is 12.7 Å². The van der Waals surface area contributed by atoms with E-state index in [9.17, 15) is 9.18 Å². The van der Waals surface area contributed by atoms with Gasteiger partial charge in [-0.15, -0.1) is 0 Å². The Kier molecular flexibility index (Phi) is 4.10. The minimum Gasteiger partial charge on any atom is -0.350 e. The first-order chi connectivity index (χ1) is 11.1. The van der Waals surface area contributed by atoms with E-state index in [1.165, 1.54) is 12.1 Å². The Balaban J connectivity index is 1.72. The highest BCUT2D eigenvalue weighted by atomic mass is 19.1. The highest BCUT2D eigenvalue weighted by Crippen LogP contribution is 2.15. The van der Waals surface area contributed by atoms with E-state index >= 15 is 0 Å². The Bertz CT molecular complexity index is 853. The highest BCUT2D eigenvalue weighted by Gasteiger charge is 2.16. The van der Waals surface area contributed by atoms with Crippen LogP contribution in [0.5, 0.6) is 0 Å². The second-order valence-electron chi connectivity index (χ2n) is 5.56. The first-order valence-corrected chi connectivity index (χ1v) is 7.53. The van der Waals surface area contributed by atoms with Crippen molar-refractivity contribution in [2.75, 3.05) is 6.54 Å². The smallest absolute Gasteiger partial charge is 0.270 e. The molecule has 118 valence electrons. The van der Waals surface area contributed by atoms with Gasteiger partial charge in [0.05, 0.1) is 5.69 Å². The van der Waals surface area contributed by atoms with E-state index in [1.54, 1.807) is 12.1 Å². The van der Waals surface area contributed by atoms with E-state index in [1.807, 2.05) is 36.6 Å². The fraction of sp³-hybridized carbons (Fsp3) is 0.222. The van der Waals surface area contributed by atoms with E-state index < -0.39 is 0 Å². The summed E-state index contributed by atoms with van der Waals surface area (Å²) in [6, 6.07) is 10.2. The van der Waals surface area contributed by atoms with Crippen molar-refractivity contribution in [3.8, 4) is 0 Å². The summed E-state index contributed by atoms with van der Waals surface area (Å²) in [4.78, 5) is 16.9. The van der Waals surface area contributed by atoms with Crippen LogP contribution in [0.1, 0.15) is 27.3 Å². The predicted octanol–water partition coefficient (Wildman–Crippen LogP) is 3.06. The number of benzene rings is 1. The molecule has 0 aliphatic rings. The molecule has 0 saturated carbocycles. The highest BCUT2D eigenvalue weighted by molar-refractivity contribution is 5.94. The third kappa shape index (κ3) is 3.08. The molecule has 3 aromatic rings. The first kappa shape index (κ1) is 15.2. The number of aryl methyl sites for hydroxylation is 2. The van der Waals surface area contributed by atoms with Gasteiger partial charge in [0.15, 0.2) is 0 Å². The SMILES string of the molecule is Cc1nc2c(C)cccn2c1C(=O)NCCc1ccc(F)cc1. The lowest BCUT2D eigenvalue weighted by Crippen LogP contribution is -2.27. The maximum atomic E-state index is 12.9. The number of nitrogens with one attached hydrogen (secondary N) is 1. The minimum atomic E-state index is -0.255. The standard InChI is InChI=1S/C18H18FN3O/c1-12-4-3-11-22-16(13(2)21-17(12)22)18(23)20-10-9-14-5-7-15(19)8-6-14/h3-8,11H,9-10H2,1-2H3,(H,20,23). The molecule has 0 bridgehead atoms. The summed E-state index contributed by atoms with van der Waals surface area (Å²) in [6.45, 7) is 4.29. The van der Waals surface area contributed by atoms with Crippen molar-refractivity contribution in [3.63, 3.8) is 0 Å². The van der Waals surface area contributed by atoms with Gasteiger partial charge in [-0.3, -0.25) is 9.20 Å². The van der Waals surface area contributed by atoms with Gasteiger partial charge in [0.2, 0.25) is 0 Å². The number of nitrogens with zero attached hydrogens (tertiary/aromatic N) is 2. The summed E-state index contributed by atoms with van der Waals surface area (Å²) >= 11 is 0. The Morgan fingerprint density at radius 1 is 1.22 bits per heavy atom. The lowest BCUT2D eigenvalue weighted by atomic mass is 10.1. The molecule has 2 aromatic heterocycles. The third-order valence-electron chi connectivity index (χ3n) is 3.85. The molecule has 0 unspecified atom stereocenters. The van der Waals surface area contributed by atoms with Crippen molar-refractivity contribution >= 4 is 11.6 Å². The van der Waals surface area contributed by atoms with Crippen molar-refractivity contribution in [1.29, 1.82) is 0 Å². The number of amides is 1. The molecular weight excluding hydrogens is 293 g/mol. The number of halogens is 1. The molecule has 1 aromatic carbocycles. The predicted molar refractivity (Wildman–Crippen MR) is 87.1 cm³/mol. The van der Waals surface area contributed by atoms with E-state index in [0.29, 0.717) is 24.4 Å². The summed E-state index contributed by atoms with van der Waals surface area (Å²) in [5.41, 5.74) is 4.08. The molecule has 1 amide bonds. The van der Waals surface area contributed by atoms with Crippen molar-refractivity contribution in [1.82, 2.24) is 14.7 Å². The number of rotatable bonds is 4. The average Bonchev–Trinajstić information content (AvgIpc) is 2.87. The van der Waals surface area contributed by atoms with Gasteiger partial charge >= 0.3 is 0 Å². The zero-order chi connectivity index (χ0) is 16.4. The van der Waals surface area contributed by atoms with Gasteiger partial charge in [0.25, 0.3) is 5.91 Å². The largest absolute Gasteiger partial charge is 0.350 e. The number of fused-ring (bicyclic) bond motifs is 1. The Hall–Kier alpha value is -2.69. The third-order valence-corrected chi connectivity index (χ3v) is 3.85. The lowest BCUT2D eigenvalue weighted by Gasteiger charge is -2.07. The summed E-state index contributed by atoms with van der Waals surface area (Å²) in [7, 11) is 0. The van der Waals surface area contributed by atoms with Gasteiger partial charge in [-0.2, -0.15) is 0 Å². The van der Waals surface area contributed by atoms with Crippen LogP contribution < -0.4 is 5.32 Å². The van der Waals surface area contributed by atoms with Crippen molar-refractivity contribution in [3.05, 3.63) is 70.9 Å². The number of hydrogen-bond acceptors (Lipinski definition) is 2. The minimum absolute atomic E-state index is 0.150. The fourth-order valence-corrected chi connectivity index (χ4v) is 2.65. The quantitative estimate of drug-likeness (QED) is 0.805. The Labute approximate surface area is 134 Å². The molecule has 2 heterocycles. The zero-order valence-corrected chi connectivity index (χ0v) is 13.1. The second kappa shape index (κ2) is 6.20. The molecule has 0 atom stereocenters. The Morgan fingerprint density at radius 2 is 1.96 bits per heavy atom. The van der Waals surface area contributed by atoms with Crippen molar-refractivity contribution in [2.45, 2.75) is 20.3 Å². The zero-order valence-electron chi connectivity index (χ0n) is 13.1. The number of carbonyl (C=O) groups is 1. The first-order valence-electron chi connectivity index (χ1n) is 7.53. The van der Waals surface area contributed by atoms with Gasteiger partial charge < -0.3 is 5.32 Å². The molecule has 3 rings (SSSR count). The van der Waals surface area contributed by atoms with Crippen molar-refractivity contribution < 1.29 is 9.18 Å². The summed E-state index contributed by atoms with van der Waals surface area (Å²) < 4.78 is 14.7. The van der Waals surface area contributed by atoms with E-state index in [0.717, 1.165) is 16.8 Å². The molecule has 0 fully saturated rings. The van der Waals surface area contributed by atoms with E-state index in [-0.39, 0.29) is 11.7 Å². The topological polar surface area (TPSA) is 46.4 Å². The number of aromatic nitrogens is 2. The summed E-state index contributed by atoms with van der Waals surface area (Å²) in [6.07, 6.45) is 2.50. The molecule has 0 aliphatic carbocycles. The van der Waals surface area contributed by atoms with Crippen LogP contribution in [0.15, 0.2) is 42.6 Å². The fourth-order valence-electron chi connectivity index (χ4n) is 2.65. The average molecular weight is 311 g/mol. The lowest BCUT2D eigenvalue weighted by molar-refractivity contribution is 0.0947. The van der Waals surface area contributed by atoms with Gasteiger partial charge in [0.1, 0.15) is 17.2 Å². The van der Waals surface area contributed by atoms with E-state index in [4.69, 9.17) is 0 Å². The van der Waals surface area contributed by atoms with Gasteiger partial charge in [-0.25, -0.2) is 9.37 Å². The van der Waals surface area contributed by atoms with Crippen LogP contribution in [0.2, 0.25) is 0 Å². The van der Waals surface area contributed by atoms with Crippen molar-refractivity contribution in [2.24, 2.45) is 0 Å². The van der Waals surface area contributed by atoms with Crippen LogP contribution in [-0.4, -0.2) is 21.8 Å². The maximum Gasteiger partial charge on any atom is 0.270 e. The second-order valence-corrected chi connectivity index (χ2v) is 5.56. The molecular formula is C18H18FN3O. The molecule has 0 spiro atoms. The number of pyridine rings is 1. The molecule has 5 heteroatoms. The van der Waals surface area contributed by atoms with Gasteiger partial charge in [-0.05, 0) is 49.6 Å². The summed E-state index contributed by atoms with van der Waals surface area (Å²) in [5, 5.41) is 2.91. The molecule has 0 radical (unpaired) electrons. The van der Waals surface area contributed by atoms with Gasteiger partial charge in [-0.1, -0.05) is 18.2 Å². The molecule has 0 saturated heterocycles. The summed E-state index contributed by atoms with van der Waals surface area (Å²) in [5.74, 6) is -0.405. The van der Waals surface area contributed by atoms with Crippen LogP contribution in [0.25, 0.3) is 5.65 Å². The number of imidazole rings is 1. The van der Waals surface area contributed by atoms with Crippen LogP contribution in [0.3, 0.4) is 0 Å². The molecule has 4 nitrogen and oxygen atoms in total. The molecule has 23 heavy (non-hydrogen) atoms. The normalized spacial score (nSPS) is 10.9. The van der Waals surface area contributed by atoms with Crippen LogP contribution in [0.4, 0.5) is 4.39 Å². The number of hydrogen-bond donors (Lipinski definition) is 1. The van der Waals surface area contributed by atoms with Crippen LogP contribution >= 0.6 is 0 Å². The van der Waals surface area contributed by atoms with Crippen LogP contribution in [0, 0.1) is 19.7 Å². The maximum absolute atomic E-state index is 12.9.